The van der Waals surface area contributed by atoms with E-state index in [-0.39, 0.29) is 30.3 Å². The molecule has 2 saturated heterocycles. The minimum Gasteiger partial charge on any atom is -0.505 e. The number of benzene rings is 3. The van der Waals surface area contributed by atoms with Crippen LogP contribution in [0.15, 0.2) is 72.3 Å². The number of phenolic OH excluding ortho intramolecular Hbond substituents is 1. The molecule has 6 atom stereocenters. The number of alkyl halides is 6. The van der Waals surface area contributed by atoms with Gasteiger partial charge in [-0.3, -0.25) is 23.9 Å². The largest absolute Gasteiger partial charge is 0.505 e. The summed E-state index contributed by atoms with van der Waals surface area (Å²) in [4.78, 5) is 60.3. The number of aryl methyl sites for hydroxylation is 2. The van der Waals surface area contributed by atoms with Gasteiger partial charge >= 0.3 is 12.4 Å². The van der Waals surface area contributed by atoms with Gasteiger partial charge in [-0.15, -0.1) is 11.3 Å². The topological polar surface area (TPSA) is 113 Å². The summed E-state index contributed by atoms with van der Waals surface area (Å²) >= 11 is 7.69. The zero-order valence-electron chi connectivity index (χ0n) is 31.5. The predicted molar refractivity (Wildman–Crippen MR) is 205 cm³/mol. The van der Waals surface area contributed by atoms with E-state index in [0.29, 0.717) is 33.3 Å². The number of hydrogen-bond donors (Lipinski definition) is 1. The molecule has 9 rings (SSSR count). The number of para-hydroxylation sites is 1. The van der Waals surface area contributed by atoms with Crippen LogP contribution in [0.1, 0.15) is 47.9 Å². The highest BCUT2D eigenvalue weighted by atomic mass is 35.5. The zero-order valence-corrected chi connectivity index (χ0v) is 33.0. The van der Waals surface area contributed by atoms with Crippen molar-refractivity contribution in [3.05, 3.63) is 105 Å². The van der Waals surface area contributed by atoms with Crippen molar-refractivity contribution in [2.75, 3.05) is 9.80 Å². The summed E-state index contributed by atoms with van der Waals surface area (Å²) in [6.45, 7) is 3.39. The van der Waals surface area contributed by atoms with E-state index in [0.717, 1.165) is 31.5 Å². The summed E-state index contributed by atoms with van der Waals surface area (Å²) in [5.74, 6) is -11.6. The van der Waals surface area contributed by atoms with Crippen LogP contribution in [0.2, 0.25) is 5.02 Å². The number of allylic oxidation sites excluding steroid dienone is 2. The lowest BCUT2D eigenvalue weighted by atomic mass is 9.51. The fourth-order valence-corrected chi connectivity index (χ4v) is 11.2. The molecule has 2 aliphatic heterocycles. The first-order chi connectivity index (χ1) is 28.1. The van der Waals surface area contributed by atoms with Crippen LogP contribution in [0, 0.1) is 41.8 Å². The number of nitrogens with zero attached hydrogens (tertiary/aromatic N) is 4. The normalized spacial score (nSPS) is 25.6. The Morgan fingerprint density at radius 1 is 0.883 bits per heavy atom. The van der Waals surface area contributed by atoms with Crippen LogP contribution >= 0.6 is 22.9 Å². The van der Waals surface area contributed by atoms with Crippen LogP contribution < -0.4 is 9.80 Å². The van der Waals surface area contributed by atoms with Gasteiger partial charge in [0.25, 0.3) is 0 Å². The molecule has 0 spiro atoms. The van der Waals surface area contributed by atoms with Crippen molar-refractivity contribution in [3.63, 3.8) is 0 Å². The van der Waals surface area contributed by atoms with Gasteiger partial charge in [0, 0.05) is 34.3 Å². The Hall–Kier alpha value is -5.55. The Kier molecular flexibility index (Phi) is 8.79. The number of thiophene rings is 1. The van der Waals surface area contributed by atoms with E-state index in [9.17, 15) is 45.8 Å². The third-order valence-electron chi connectivity index (χ3n) is 12.6. The lowest BCUT2D eigenvalue weighted by Gasteiger charge is -2.49. The van der Waals surface area contributed by atoms with E-state index in [1.54, 1.807) is 25.3 Å². The van der Waals surface area contributed by atoms with Crippen LogP contribution in [-0.2, 0) is 38.6 Å². The molecule has 1 N–H and O–H groups in total. The summed E-state index contributed by atoms with van der Waals surface area (Å²) in [6.07, 6.45) is -9.46. The number of imide groups is 2. The Morgan fingerprint density at radius 2 is 1.57 bits per heavy atom. The second-order valence-corrected chi connectivity index (χ2v) is 17.3. The first-order valence-corrected chi connectivity index (χ1v) is 19.8. The molecular weight excluding hydrogens is 841 g/mol. The summed E-state index contributed by atoms with van der Waals surface area (Å²) in [6, 6.07) is 11.2. The second kappa shape index (κ2) is 13.2. The number of carbonyl (C=O) groups excluding carboxylic acids is 4. The molecule has 9 nitrogen and oxygen atoms in total. The highest BCUT2D eigenvalue weighted by Gasteiger charge is 2.68. The van der Waals surface area contributed by atoms with Crippen molar-refractivity contribution in [1.82, 2.24) is 9.78 Å². The molecule has 60 heavy (non-hydrogen) atoms. The number of anilines is 2. The van der Waals surface area contributed by atoms with Gasteiger partial charge < -0.3 is 5.11 Å². The quantitative estimate of drug-likeness (QED) is 0.109. The number of aromatic nitrogens is 2. The monoisotopic (exact) mass is 870 g/mol. The molecule has 4 heterocycles. The van der Waals surface area contributed by atoms with Crippen molar-refractivity contribution >= 4 is 68.2 Å². The van der Waals surface area contributed by atoms with E-state index in [1.807, 2.05) is 19.1 Å². The molecule has 4 amide bonds. The molecule has 6 unspecified atom stereocenters. The van der Waals surface area contributed by atoms with Gasteiger partial charge in [0.2, 0.25) is 23.6 Å². The number of hydrogen-bond acceptors (Lipinski definition) is 7. The number of fused-ring (bicyclic) bond motifs is 5. The average molecular weight is 871 g/mol. The Balaban J connectivity index is 1.15. The molecule has 2 aromatic heterocycles. The number of aromatic hydroxyl groups is 1. The van der Waals surface area contributed by atoms with E-state index < -0.39 is 99.4 Å². The van der Waals surface area contributed by atoms with Crippen LogP contribution in [0.5, 0.6) is 5.75 Å². The number of phenols is 1. The van der Waals surface area contributed by atoms with Gasteiger partial charge in [0.05, 0.1) is 44.9 Å². The minimum absolute atomic E-state index is 0.0888. The Labute approximate surface area is 344 Å². The molecule has 18 heteroatoms. The molecule has 3 aromatic carbocycles. The van der Waals surface area contributed by atoms with Gasteiger partial charge in [-0.1, -0.05) is 35.4 Å². The van der Waals surface area contributed by atoms with Gasteiger partial charge in [-0.05, 0) is 86.0 Å². The fraction of sp³-hybridized carbons (Fsp3) is 0.310. The molecular formula is C42H30ClF7N4O5S. The highest BCUT2D eigenvalue weighted by molar-refractivity contribution is 7.22. The summed E-state index contributed by atoms with van der Waals surface area (Å²) < 4.78 is 101. The van der Waals surface area contributed by atoms with Crippen LogP contribution in [0.3, 0.4) is 0 Å². The first-order valence-electron chi connectivity index (χ1n) is 18.6. The van der Waals surface area contributed by atoms with Crippen molar-refractivity contribution in [1.29, 1.82) is 0 Å². The van der Waals surface area contributed by atoms with E-state index in [2.05, 4.69) is 5.10 Å². The van der Waals surface area contributed by atoms with Crippen LogP contribution in [0.4, 0.5) is 42.2 Å². The molecule has 4 aliphatic rings. The van der Waals surface area contributed by atoms with Crippen molar-refractivity contribution < 1.29 is 55.0 Å². The van der Waals surface area contributed by atoms with Gasteiger partial charge in [0.1, 0.15) is 11.5 Å². The van der Waals surface area contributed by atoms with Crippen molar-refractivity contribution in [2.45, 2.75) is 45.0 Å². The standard InChI is InChI=1S/C42H30ClF7N4O5S/c1-17-25-14-20(43)7-10-30(25)60-35(17)29-16-31(52(3)51-29)54-37(57)27-15-26-22(33(40(27,2)39(54)59)24-5-4-6-28(44)34(24)55)8-9-23-32(26)38(58)53(36(23)56)21-12-18(41(45,46)47)11-19(13-21)42(48,49)50/h4-8,10-14,16,23,26-27,32-33,55H,9,15H2,1-3H3. The summed E-state index contributed by atoms with van der Waals surface area (Å²) in [5, 5.41) is 17.3. The molecule has 5 aromatic rings. The first kappa shape index (κ1) is 39.9. The maximum atomic E-state index is 15.2. The van der Waals surface area contributed by atoms with Crippen LogP contribution in [0.25, 0.3) is 20.7 Å². The van der Waals surface area contributed by atoms with Crippen LogP contribution in [-0.4, -0.2) is 38.5 Å². The fourth-order valence-electron chi connectivity index (χ4n) is 9.88. The molecule has 310 valence electrons. The van der Waals surface area contributed by atoms with Gasteiger partial charge in [-0.2, -0.15) is 31.4 Å². The lowest BCUT2D eigenvalue weighted by molar-refractivity contribution is -0.143. The van der Waals surface area contributed by atoms with E-state index in [4.69, 9.17) is 11.6 Å². The van der Waals surface area contributed by atoms with Crippen molar-refractivity contribution in [2.24, 2.45) is 36.1 Å². The predicted octanol–water partition coefficient (Wildman–Crippen LogP) is 9.58. The maximum absolute atomic E-state index is 15.2. The maximum Gasteiger partial charge on any atom is 0.416 e. The number of rotatable bonds is 4. The zero-order chi connectivity index (χ0) is 43.1. The average Bonchev–Trinajstić information content (AvgIpc) is 3.85. The van der Waals surface area contributed by atoms with Crippen molar-refractivity contribution in [3.8, 4) is 16.3 Å². The van der Waals surface area contributed by atoms with Gasteiger partial charge in [-0.25, -0.2) is 14.2 Å². The van der Waals surface area contributed by atoms with E-state index in [1.165, 1.54) is 35.1 Å². The SMILES string of the molecule is Cc1c(-c2cc(N3C(=O)C4CC5C(=CCC6C(=O)N(c7cc(C(F)(F)F)cc(C(F)(F)F)c7)C(=O)C65)C(c5cccc(F)c5O)C4(C)C3=O)n(C)n2)sc2ccc(Cl)cc12. The summed E-state index contributed by atoms with van der Waals surface area (Å²) in [7, 11) is 1.54. The molecule has 1 saturated carbocycles. The second-order valence-electron chi connectivity index (χ2n) is 15.8. The number of halogens is 8. The smallest absolute Gasteiger partial charge is 0.416 e. The van der Waals surface area contributed by atoms with E-state index >= 15 is 9.18 Å². The summed E-state index contributed by atoms with van der Waals surface area (Å²) in [5.41, 5.74) is -4.60. The van der Waals surface area contributed by atoms with Gasteiger partial charge in [0.15, 0.2) is 11.6 Å². The Bertz CT molecular complexity index is 2750. The molecule has 0 radical (unpaired) electrons. The molecule has 2 aliphatic carbocycles. The molecule has 3 fully saturated rings. The minimum atomic E-state index is -5.27. The third-order valence-corrected chi connectivity index (χ3v) is 14.2. The highest BCUT2D eigenvalue weighted by Crippen LogP contribution is 2.65. The third kappa shape index (κ3) is 5.67. The number of amides is 4. The lowest BCUT2D eigenvalue weighted by Crippen LogP contribution is -2.49. The molecule has 0 bridgehead atoms. The number of carbonyl (C=O) groups is 4. The Morgan fingerprint density at radius 3 is 2.23 bits per heavy atom.